The number of rotatable bonds is 5. The molecule has 2 aliphatic rings. The number of hydrogen-bond acceptors (Lipinski definition) is 5. The lowest BCUT2D eigenvalue weighted by Crippen LogP contribution is -2.45. The maximum atomic E-state index is 12.0. The van der Waals surface area contributed by atoms with E-state index in [1.54, 1.807) is 6.21 Å². The molecule has 2 aliphatic heterocycles. The number of benzene rings is 1. The van der Waals surface area contributed by atoms with E-state index in [1.807, 2.05) is 6.08 Å². The second-order valence-electron chi connectivity index (χ2n) is 7.96. The maximum absolute atomic E-state index is 12.0. The number of anilines is 1. The Balaban J connectivity index is 1.51. The molecule has 0 aromatic heterocycles. The van der Waals surface area contributed by atoms with Crippen LogP contribution in [0.2, 0.25) is 0 Å². The molecule has 1 fully saturated rings. The lowest BCUT2D eigenvalue weighted by Gasteiger charge is -2.32. The van der Waals surface area contributed by atoms with Gasteiger partial charge in [0.25, 0.3) is 0 Å². The lowest BCUT2D eigenvalue weighted by atomic mass is 9.84. The number of fused-ring (bicyclic) bond motifs is 1. The van der Waals surface area contributed by atoms with Crippen LogP contribution in [-0.2, 0) is 10.2 Å². The van der Waals surface area contributed by atoms with Gasteiger partial charge in [-0.1, -0.05) is 32.0 Å². The summed E-state index contributed by atoms with van der Waals surface area (Å²) in [4.78, 5) is 18.9. The Labute approximate surface area is 162 Å². The van der Waals surface area contributed by atoms with Crippen molar-refractivity contribution in [1.29, 1.82) is 0 Å². The van der Waals surface area contributed by atoms with E-state index in [1.165, 1.54) is 16.9 Å². The van der Waals surface area contributed by atoms with Crippen LogP contribution in [-0.4, -0.2) is 68.7 Å². The first-order valence-electron chi connectivity index (χ1n) is 9.66. The zero-order chi connectivity index (χ0) is 19.4. The molecule has 2 heterocycles. The van der Waals surface area contributed by atoms with Crippen LogP contribution in [0.4, 0.5) is 5.69 Å². The molecule has 3 rings (SSSR count). The number of nitrogens with zero attached hydrogens (tertiary/aromatic N) is 4. The monoisotopic (exact) mass is 369 g/mol. The Hall–Kier alpha value is -2.18. The molecule has 6 nitrogen and oxygen atoms in total. The molecule has 0 radical (unpaired) electrons. The smallest absolute Gasteiger partial charge is 0.241 e. The van der Waals surface area contributed by atoms with Crippen LogP contribution >= 0.6 is 0 Å². The van der Waals surface area contributed by atoms with Gasteiger partial charge < -0.3 is 14.7 Å². The average Bonchev–Trinajstić information content (AvgIpc) is 2.85. The molecule has 0 atom stereocenters. The van der Waals surface area contributed by atoms with Crippen molar-refractivity contribution in [2.45, 2.75) is 25.7 Å². The molecule has 1 N–H and O–H groups in total. The van der Waals surface area contributed by atoms with Gasteiger partial charge in [-0.05, 0) is 24.8 Å². The van der Waals surface area contributed by atoms with Gasteiger partial charge in [-0.25, -0.2) is 5.43 Å². The summed E-state index contributed by atoms with van der Waals surface area (Å²) < 4.78 is 0. The van der Waals surface area contributed by atoms with Gasteiger partial charge >= 0.3 is 0 Å². The number of likely N-dealkylation sites (N-methyl/N-ethyl adjacent to an activating group) is 2. The van der Waals surface area contributed by atoms with Crippen molar-refractivity contribution in [3.05, 3.63) is 41.6 Å². The Kier molecular flexibility index (Phi) is 5.97. The highest BCUT2D eigenvalue weighted by atomic mass is 16.2. The fraction of sp³-hybridized carbons (Fsp3) is 0.524. The van der Waals surface area contributed by atoms with Crippen LogP contribution in [0.15, 0.2) is 41.1 Å². The molecule has 27 heavy (non-hydrogen) atoms. The van der Waals surface area contributed by atoms with E-state index in [0.29, 0.717) is 6.42 Å². The molecule has 1 aromatic rings. The van der Waals surface area contributed by atoms with Crippen molar-refractivity contribution >= 4 is 17.8 Å². The Bertz CT molecular complexity index is 732. The molecule has 1 saturated heterocycles. The van der Waals surface area contributed by atoms with E-state index >= 15 is 0 Å². The third-order valence-electron chi connectivity index (χ3n) is 5.69. The third kappa shape index (κ3) is 4.39. The molecule has 0 saturated carbocycles. The molecule has 0 bridgehead atoms. The molecule has 6 heteroatoms. The standard InChI is InChI=1S/C21H31N5O/c1-21(2)17-7-5-6-8-18(17)25(4)19(21)9-11-22-23-20(27)10-12-26-15-13-24(3)14-16-26/h5-9,11H,10,12-16H2,1-4H3,(H,23,27)/b19-9-,22-11-. The first-order valence-corrected chi connectivity index (χ1v) is 9.66. The Morgan fingerprint density at radius 2 is 1.89 bits per heavy atom. The number of para-hydroxylation sites is 1. The predicted molar refractivity (Wildman–Crippen MR) is 111 cm³/mol. The molecule has 1 aromatic carbocycles. The predicted octanol–water partition coefficient (Wildman–Crippen LogP) is 2.04. The summed E-state index contributed by atoms with van der Waals surface area (Å²) in [6.07, 6.45) is 4.16. The van der Waals surface area contributed by atoms with Crippen LogP contribution in [0.25, 0.3) is 0 Å². The number of hydrazone groups is 1. The minimum Gasteiger partial charge on any atom is -0.347 e. The normalized spacial score (nSPS) is 21.8. The molecular formula is C21H31N5O. The third-order valence-corrected chi connectivity index (χ3v) is 5.69. The van der Waals surface area contributed by atoms with Crippen molar-refractivity contribution in [3.63, 3.8) is 0 Å². The van der Waals surface area contributed by atoms with Crippen molar-refractivity contribution in [2.24, 2.45) is 5.10 Å². The fourth-order valence-corrected chi connectivity index (χ4v) is 3.91. The Morgan fingerprint density at radius 3 is 2.59 bits per heavy atom. The van der Waals surface area contributed by atoms with Gasteiger partial charge in [-0.2, -0.15) is 5.10 Å². The van der Waals surface area contributed by atoms with Gasteiger partial charge in [0.1, 0.15) is 0 Å². The number of nitrogens with one attached hydrogen (secondary N) is 1. The molecule has 0 unspecified atom stereocenters. The number of carbonyl (C=O) groups is 1. The average molecular weight is 370 g/mol. The summed E-state index contributed by atoms with van der Waals surface area (Å²) in [5, 5.41) is 4.12. The zero-order valence-electron chi connectivity index (χ0n) is 16.9. The maximum Gasteiger partial charge on any atom is 0.241 e. The van der Waals surface area contributed by atoms with Crippen LogP contribution < -0.4 is 10.3 Å². The summed E-state index contributed by atoms with van der Waals surface area (Å²) in [5.41, 5.74) is 6.26. The van der Waals surface area contributed by atoms with Crippen molar-refractivity contribution in [2.75, 3.05) is 51.7 Å². The van der Waals surface area contributed by atoms with Crippen LogP contribution in [0.5, 0.6) is 0 Å². The molecule has 0 spiro atoms. The van der Waals surface area contributed by atoms with E-state index in [2.05, 4.69) is 77.4 Å². The van der Waals surface area contributed by atoms with Crippen LogP contribution in [0, 0.1) is 0 Å². The van der Waals surface area contributed by atoms with Gasteiger partial charge in [-0.15, -0.1) is 0 Å². The van der Waals surface area contributed by atoms with Gasteiger partial charge in [-0.3, -0.25) is 4.79 Å². The molecular weight excluding hydrogens is 338 g/mol. The highest BCUT2D eigenvalue weighted by molar-refractivity contribution is 5.81. The number of allylic oxidation sites excluding steroid dienone is 2. The quantitative estimate of drug-likeness (QED) is 0.637. The van der Waals surface area contributed by atoms with Gasteiger partial charge in [0, 0.05) is 69.2 Å². The van der Waals surface area contributed by atoms with Crippen molar-refractivity contribution in [3.8, 4) is 0 Å². The van der Waals surface area contributed by atoms with E-state index in [-0.39, 0.29) is 11.3 Å². The van der Waals surface area contributed by atoms with E-state index < -0.39 is 0 Å². The highest BCUT2D eigenvalue weighted by Gasteiger charge is 2.37. The highest BCUT2D eigenvalue weighted by Crippen LogP contribution is 2.46. The second kappa shape index (κ2) is 8.23. The minimum atomic E-state index is -0.0806. The van der Waals surface area contributed by atoms with Gasteiger partial charge in [0.15, 0.2) is 0 Å². The largest absolute Gasteiger partial charge is 0.347 e. The summed E-state index contributed by atoms with van der Waals surface area (Å²) in [5.74, 6) is -0.0362. The SMILES string of the molecule is CN1CCN(CCC(=O)N/N=C\C=C2/N(C)c3ccccc3C2(C)C)CC1. The lowest BCUT2D eigenvalue weighted by molar-refractivity contribution is -0.121. The van der Waals surface area contributed by atoms with Crippen LogP contribution in [0.1, 0.15) is 25.8 Å². The van der Waals surface area contributed by atoms with E-state index in [9.17, 15) is 4.79 Å². The van der Waals surface area contributed by atoms with Gasteiger partial charge in [0.05, 0.1) is 0 Å². The zero-order valence-corrected chi connectivity index (χ0v) is 16.9. The van der Waals surface area contributed by atoms with Crippen molar-refractivity contribution < 1.29 is 4.79 Å². The number of carbonyl (C=O) groups excluding carboxylic acids is 1. The number of hydrogen-bond donors (Lipinski definition) is 1. The summed E-state index contributed by atoms with van der Waals surface area (Å²) in [7, 11) is 4.21. The first-order chi connectivity index (χ1) is 12.9. The van der Waals surface area contributed by atoms with Gasteiger partial charge in [0.2, 0.25) is 5.91 Å². The minimum absolute atomic E-state index is 0.0362. The Morgan fingerprint density at radius 1 is 1.19 bits per heavy atom. The first kappa shape index (κ1) is 19.6. The number of amides is 1. The second-order valence-corrected chi connectivity index (χ2v) is 7.96. The molecule has 1 amide bonds. The molecule has 146 valence electrons. The topological polar surface area (TPSA) is 51.2 Å². The van der Waals surface area contributed by atoms with Crippen LogP contribution in [0.3, 0.4) is 0 Å². The number of piperazine rings is 1. The fourth-order valence-electron chi connectivity index (χ4n) is 3.91. The summed E-state index contributed by atoms with van der Waals surface area (Å²) in [6, 6.07) is 8.44. The van der Waals surface area contributed by atoms with E-state index in [4.69, 9.17) is 0 Å². The summed E-state index contributed by atoms with van der Waals surface area (Å²) in [6.45, 7) is 9.41. The van der Waals surface area contributed by atoms with E-state index in [0.717, 1.165) is 32.7 Å². The van der Waals surface area contributed by atoms with Crippen molar-refractivity contribution in [1.82, 2.24) is 15.2 Å². The molecule has 0 aliphatic carbocycles. The summed E-state index contributed by atoms with van der Waals surface area (Å²) >= 11 is 0.